The Bertz CT molecular complexity index is 639. The molecule has 0 unspecified atom stereocenters. The van der Waals surface area contributed by atoms with Crippen LogP contribution in [-0.4, -0.2) is 31.3 Å². The van der Waals surface area contributed by atoms with E-state index < -0.39 is 10.0 Å². The van der Waals surface area contributed by atoms with Gasteiger partial charge in [-0.15, -0.1) is 11.3 Å². The van der Waals surface area contributed by atoms with Crippen molar-refractivity contribution in [1.82, 2.24) is 9.29 Å². The first-order chi connectivity index (χ1) is 9.01. The van der Waals surface area contributed by atoms with Crippen molar-refractivity contribution < 1.29 is 8.42 Å². The number of anilines is 1. The molecule has 0 aliphatic heterocycles. The molecule has 0 saturated heterocycles. The maximum absolute atomic E-state index is 12.3. The number of nitrogens with two attached hydrogens (primary N) is 1. The topological polar surface area (TPSA) is 76.3 Å². The highest BCUT2D eigenvalue weighted by Crippen LogP contribution is 2.19. The molecule has 0 fully saturated rings. The average Bonchev–Trinajstić information content (AvgIpc) is 2.89. The number of hydrogen-bond donors (Lipinski definition) is 1. The summed E-state index contributed by atoms with van der Waals surface area (Å²) in [6, 6.07) is 6.98. The van der Waals surface area contributed by atoms with Crippen LogP contribution in [0, 0.1) is 0 Å². The van der Waals surface area contributed by atoms with Crippen LogP contribution in [0.15, 0.2) is 40.7 Å². The molecule has 0 aromatic carbocycles. The second-order valence-corrected chi connectivity index (χ2v) is 7.09. The van der Waals surface area contributed by atoms with Gasteiger partial charge >= 0.3 is 0 Å². The number of rotatable bonds is 5. The minimum Gasteiger partial charge on any atom is -0.383 e. The van der Waals surface area contributed by atoms with Gasteiger partial charge in [0.2, 0.25) is 10.0 Å². The number of sulfonamides is 1. The lowest BCUT2D eigenvalue weighted by Crippen LogP contribution is -2.29. The minimum absolute atomic E-state index is 0.0328. The standard InChI is InChI=1S/C12H15N3O2S2/c1-15(8-6-10-4-3-9-18-10)19(16,17)11-5-2-7-14-12(11)13/h2-5,7,9H,6,8H2,1H3,(H2,13,14). The first-order valence-electron chi connectivity index (χ1n) is 5.71. The van der Waals surface area contributed by atoms with E-state index in [1.165, 1.54) is 16.6 Å². The van der Waals surface area contributed by atoms with Gasteiger partial charge in [-0.05, 0) is 30.0 Å². The summed E-state index contributed by atoms with van der Waals surface area (Å²) < 4.78 is 25.9. The van der Waals surface area contributed by atoms with E-state index in [1.54, 1.807) is 24.5 Å². The maximum Gasteiger partial charge on any atom is 0.246 e. The van der Waals surface area contributed by atoms with Gasteiger partial charge in [0.1, 0.15) is 10.7 Å². The molecular formula is C12H15N3O2S2. The van der Waals surface area contributed by atoms with Crippen LogP contribution in [0.1, 0.15) is 4.88 Å². The minimum atomic E-state index is -3.57. The summed E-state index contributed by atoms with van der Waals surface area (Å²) in [5.41, 5.74) is 5.62. The van der Waals surface area contributed by atoms with Crippen LogP contribution in [0.3, 0.4) is 0 Å². The first kappa shape index (κ1) is 14.0. The van der Waals surface area contributed by atoms with Crippen molar-refractivity contribution in [1.29, 1.82) is 0 Å². The third-order valence-electron chi connectivity index (χ3n) is 2.74. The number of nitrogen functional groups attached to an aromatic ring is 1. The summed E-state index contributed by atoms with van der Waals surface area (Å²) >= 11 is 1.62. The molecule has 2 rings (SSSR count). The van der Waals surface area contributed by atoms with E-state index in [0.717, 1.165) is 4.88 Å². The van der Waals surface area contributed by atoms with E-state index >= 15 is 0 Å². The summed E-state index contributed by atoms with van der Waals surface area (Å²) in [6.45, 7) is 0.414. The number of thiophene rings is 1. The third-order valence-corrected chi connectivity index (χ3v) is 5.58. The van der Waals surface area contributed by atoms with Crippen LogP contribution in [0.5, 0.6) is 0 Å². The summed E-state index contributed by atoms with van der Waals surface area (Å²) in [7, 11) is -2.02. The summed E-state index contributed by atoms with van der Waals surface area (Å²) in [5, 5.41) is 1.98. The van der Waals surface area contributed by atoms with Gasteiger partial charge in [-0.2, -0.15) is 0 Å². The maximum atomic E-state index is 12.3. The molecule has 2 aromatic heterocycles. The lowest BCUT2D eigenvalue weighted by atomic mass is 10.3. The van der Waals surface area contributed by atoms with Crippen LogP contribution in [0.2, 0.25) is 0 Å². The molecule has 0 radical (unpaired) electrons. The molecule has 0 aliphatic rings. The fourth-order valence-electron chi connectivity index (χ4n) is 1.63. The van der Waals surface area contributed by atoms with Crippen molar-refractivity contribution >= 4 is 27.2 Å². The fraction of sp³-hybridized carbons (Fsp3) is 0.250. The van der Waals surface area contributed by atoms with Crippen LogP contribution in [-0.2, 0) is 16.4 Å². The zero-order valence-electron chi connectivity index (χ0n) is 10.5. The van der Waals surface area contributed by atoms with Gasteiger partial charge in [-0.25, -0.2) is 17.7 Å². The Balaban J connectivity index is 2.13. The van der Waals surface area contributed by atoms with E-state index in [1.807, 2.05) is 17.5 Å². The molecule has 5 nitrogen and oxygen atoms in total. The number of pyridine rings is 1. The second-order valence-electron chi connectivity index (χ2n) is 4.04. The lowest BCUT2D eigenvalue weighted by Gasteiger charge is -2.17. The summed E-state index contributed by atoms with van der Waals surface area (Å²) in [5.74, 6) is 0.0328. The quantitative estimate of drug-likeness (QED) is 0.909. The summed E-state index contributed by atoms with van der Waals surface area (Å²) in [6.07, 6.45) is 2.16. The molecule has 102 valence electrons. The molecule has 2 aromatic rings. The molecule has 0 saturated carbocycles. The van der Waals surface area contributed by atoms with E-state index in [4.69, 9.17) is 5.73 Å². The summed E-state index contributed by atoms with van der Waals surface area (Å²) in [4.78, 5) is 5.02. The van der Waals surface area contributed by atoms with E-state index in [0.29, 0.717) is 13.0 Å². The largest absolute Gasteiger partial charge is 0.383 e. The average molecular weight is 297 g/mol. The van der Waals surface area contributed by atoms with E-state index in [2.05, 4.69) is 4.98 Å². The van der Waals surface area contributed by atoms with Crippen molar-refractivity contribution in [2.45, 2.75) is 11.3 Å². The number of hydrogen-bond acceptors (Lipinski definition) is 5. The second kappa shape index (κ2) is 5.68. The van der Waals surface area contributed by atoms with E-state index in [9.17, 15) is 8.42 Å². The van der Waals surface area contributed by atoms with Gasteiger partial charge in [0.05, 0.1) is 0 Å². The Morgan fingerprint density at radius 2 is 2.16 bits per heavy atom. The molecule has 19 heavy (non-hydrogen) atoms. The monoisotopic (exact) mass is 297 g/mol. The van der Waals surface area contributed by atoms with Gasteiger partial charge in [-0.3, -0.25) is 0 Å². The number of nitrogens with zero attached hydrogens (tertiary/aromatic N) is 2. The van der Waals surface area contributed by atoms with Gasteiger partial charge in [-0.1, -0.05) is 6.07 Å². The Morgan fingerprint density at radius 1 is 1.37 bits per heavy atom. The van der Waals surface area contributed by atoms with Gasteiger partial charge < -0.3 is 5.73 Å². The Morgan fingerprint density at radius 3 is 2.79 bits per heavy atom. The Hall–Kier alpha value is -1.44. The normalized spacial score (nSPS) is 11.9. The number of aromatic nitrogens is 1. The highest BCUT2D eigenvalue weighted by Gasteiger charge is 2.23. The van der Waals surface area contributed by atoms with Crippen molar-refractivity contribution in [2.24, 2.45) is 0 Å². The molecule has 0 spiro atoms. The first-order valence-corrected chi connectivity index (χ1v) is 8.03. The molecule has 7 heteroatoms. The van der Waals surface area contributed by atoms with Gasteiger partial charge in [0.15, 0.2) is 0 Å². The smallest absolute Gasteiger partial charge is 0.246 e. The van der Waals surface area contributed by atoms with Gasteiger partial charge in [0, 0.05) is 24.7 Å². The van der Waals surface area contributed by atoms with Crippen molar-refractivity contribution in [3.63, 3.8) is 0 Å². The fourth-order valence-corrected chi connectivity index (χ4v) is 3.56. The van der Waals surface area contributed by atoms with Crippen LogP contribution in [0.25, 0.3) is 0 Å². The van der Waals surface area contributed by atoms with Crippen LogP contribution in [0.4, 0.5) is 5.82 Å². The predicted octanol–water partition coefficient (Wildman–Crippen LogP) is 1.59. The van der Waals surface area contributed by atoms with E-state index in [-0.39, 0.29) is 10.7 Å². The number of likely N-dealkylation sites (N-methyl/N-ethyl adjacent to an activating group) is 1. The zero-order valence-corrected chi connectivity index (χ0v) is 12.1. The molecule has 0 bridgehead atoms. The SMILES string of the molecule is CN(CCc1cccs1)S(=O)(=O)c1cccnc1N. The molecule has 0 amide bonds. The van der Waals surface area contributed by atoms with Crippen molar-refractivity contribution in [3.05, 3.63) is 40.7 Å². The molecule has 0 aliphatic carbocycles. The molecule has 2 heterocycles. The Kier molecular flexibility index (Phi) is 4.18. The lowest BCUT2D eigenvalue weighted by molar-refractivity contribution is 0.473. The van der Waals surface area contributed by atoms with Crippen molar-refractivity contribution in [3.8, 4) is 0 Å². The molecule has 0 atom stereocenters. The highest BCUT2D eigenvalue weighted by atomic mass is 32.2. The van der Waals surface area contributed by atoms with Crippen molar-refractivity contribution in [2.75, 3.05) is 19.3 Å². The zero-order chi connectivity index (χ0) is 13.9. The third kappa shape index (κ3) is 3.12. The van der Waals surface area contributed by atoms with Crippen LogP contribution >= 0.6 is 11.3 Å². The molecule has 2 N–H and O–H groups in total. The molecular weight excluding hydrogens is 282 g/mol. The highest BCUT2D eigenvalue weighted by molar-refractivity contribution is 7.89. The van der Waals surface area contributed by atoms with Crippen LogP contribution < -0.4 is 5.73 Å². The Labute approximate surface area is 116 Å². The van der Waals surface area contributed by atoms with Gasteiger partial charge in [0.25, 0.3) is 0 Å². The predicted molar refractivity (Wildman–Crippen MR) is 76.5 cm³/mol.